The Bertz CT molecular complexity index is 1310. The first-order valence-electron chi connectivity index (χ1n) is 18.0. The molecule has 6 heteroatoms. The minimum Gasteiger partial charge on any atom is -0.494 e. The summed E-state index contributed by atoms with van der Waals surface area (Å²) in [4.78, 5) is 25.5. The van der Waals surface area contributed by atoms with E-state index in [9.17, 15) is 14.0 Å². The molecule has 0 saturated heterocycles. The van der Waals surface area contributed by atoms with Crippen LogP contribution >= 0.6 is 0 Å². The Hall–Kier alpha value is -3.67. The van der Waals surface area contributed by atoms with Gasteiger partial charge in [0, 0.05) is 0 Å². The Morgan fingerprint density at radius 2 is 1.11 bits per heavy atom. The molecule has 3 aromatic rings. The van der Waals surface area contributed by atoms with Gasteiger partial charge in [-0.2, -0.15) is 0 Å². The van der Waals surface area contributed by atoms with Crippen molar-refractivity contribution in [3.05, 3.63) is 83.7 Å². The minimum absolute atomic E-state index is 0.0971. The lowest BCUT2D eigenvalue weighted by atomic mass is 10.0. The summed E-state index contributed by atoms with van der Waals surface area (Å²) in [6.07, 6.45) is 18.3. The molecule has 256 valence electrons. The van der Waals surface area contributed by atoms with Gasteiger partial charge in [-0.25, -0.2) is 14.0 Å². The molecule has 0 heterocycles. The number of hydrogen-bond acceptors (Lipinski definition) is 5. The molecule has 0 aliphatic carbocycles. The topological polar surface area (TPSA) is 61.8 Å². The van der Waals surface area contributed by atoms with Gasteiger partial charge in [0.2, 0.25) is 0 Å². The van der Waals surface area contributed by atoms with Crippen molar-refractivity contribution in [2.45, 2.75) is 130 Å². The van der Waals surface area contributed by atoms with Gasteiger partial charge in [0.25, 0.3) is 0 Å². The molecular weight excluding hydrogens is 591 g/mol. The van der Waals surface area contributed by atoms with Crippen molar-refractivity contribution in [1.82, 2.24) is 0 Å². The molecule has 0 bridgehead atoms. The summed E-state index contributed by atoms with van der Waals surface area (Å²) >= 11 is 0. The fourth-order valence-electron chi connectivity index (χ4n) is 5.54. The van der Waals surface area contributed by atoms with Crippen molar-refractivity contribution in [3.63, 3.8) is 0 Å². The Morgan fingerprint density at radius 3 is 1.66 bits per heavy atom. The van der Waals surface area contributed by atoms with Crippen LogP contribution in [-0.2, 0) is 4.74 Å². The molecule has 3 aromatic carbocycles. The fourth-order valence-corrected chi connectivity index (χ4v) is 5.54. The number of halogens is 1. The van der Waals surface area contributed by atoms with E-state index in [-0.39, 0.29) is 17.4 Å². The van der Waals surface area contributed by atoms with Crippen LogP contribution in [-0.4, -0.2) is 24.6 Å². The molecule has 3 rings (SSSR count). The van der Waals surface area contributed by atoms with Gasteiger partial charge in [-0.05, 0) is 72.9 Å². The van der Waals surface area contributed by atoms with E-state index in [1.165, 1.54) is 69.9 Å². The molecule has 0 fully saturated rings. The van der Waals surface area contributed by atoms with Crippen molar-refractivity contribution in [2.75, 3.05) is 6.61 Å². The fraction of sp³-hybridized carbons (Fsp3) is 0.512. The molecule has 0 saturated carbocycles. The van der Waals surface area contributed by atoms with Crippen LogP contribution in [0.25, 0.3) is 11.1 Å². The number of carbonyl (C=O) groups excluding carboxylic acids is 2. The Balaban J connectivity index is 1.43. The second-order valence-electron chi connectivity index (χ2n) is 12.5. The number of hydrogen-bond donors (Lipinski definition) is 0. The van der Waals surface area contributed by atoms with E-state index in [1.54, 1.807) is 12.1 Å². The summed E-state index contributed by atoms with van der Waals surface area (Å²) in [5.41, 5.74) is 2.33. The normalized spacial score (nSPS) is 11.1. The summed E-state index contributed by atoms with van der Waals surface area (Å²) in [5.74, 6) is -1.43. The van der Waals surface area contributed by atoms with Crippen molar-refractivity contribution >= 4 is 11.9 Å². The highest BCUT2D eigenvalue weighted by Crippen LogP contribution is 2.25. The summed E-state index contributed by atoms with van der Waals surface area (Å²) in [6, 6.07) is 18.7. The maximum atomic E-state index is 14.9. The van der Waals surface area contributed by atoms with E-state index in [0.29, 0.717) is 5.56 Å². The third-order valence-electron chi connectivity index (χ3n) is 8.48. The molecule has 0 unspecified atom stereocenters. The van der Waals surface area contributed by atoms with Crippen LogP contribution < -0.4 is 9.47 Å². The van der Waals surface area contributed by atoms with Crippen LogP contribution in [0.1, 0.15) is 144 Å². The molecule has 0 atom stereocenters. The molecule has 5 nitrogen and oxygen atoms in total. The van der Waals surface area contributed by atoms with Gasteiger partial charge < -0.3 is 14.2 Å². The Morgan fingerprint density at radius 1 is 0.596 bits per heavy atom. The van der Waals surface area contributed by atoms with Gasteiger partial charge in [-0.15, -0.1) is 0 Å². The molecule has 0 N–H and O–H groups in total. The van der Waals surface area contributed by atoms with E-state index in [1.807, 2.05) is 36.4 Å². The van der Waals surface area contributed by atoms with Crippen LogP contribution in [0.4, 0.5) is 4.39 Å². The number of ether oxygens (including phenoxy) is 3. The summed E-state index contributed by atoms with van der Waals surface area (Å²) < 4.78 is 31.8. The van der Waals surface area contributed by atoms with Crippen LogP contribution in [0.3, 0.4) is 0 Å². The van der Waals surface area contributed by atoms with Gasteiger partial charge in [0.15, 0.2) is 11.6 Å². The summed E-state index contributed by atoms with van der Waals surface area (Å²) in [7, 11) is 0. The van der Waals surface area contributed by atoms with Gasteiger partial charge in [-0.3, -0.25) is 0 Å². The highest BCUT2D eigenvalue weighted by Gasteiger charge is 2.19. The predicted octanol–water partition coefficient (Wildman–Crippen LogP) is 11.9. The quantitative estimate of drug-likeness (QED) is 0.0583. The van der Waals surface area contributed by atoms with E-state index in [2.05, 4.69) is 20.8 Å². The maximum absolute atomic E-state index is 14.9. The zero-order chi connectivity index (χ0) is 33.7. The van der Waals surface area contributed by atoms with Crippen molar-refractivity contribution in [1.29, 1.82) is 0 Å². The van der Waals surface area contributed by atoms with E-state index >= 15 is 0 Å². The van der Waals surface area contributed by atoms with E-state index in [0.717, 1.165) is 74.5 Å². The van der Waals surface area contributed by atoms with Crippen molar-refractivity contribution in [2.24, 2.45) is 0 Å². The number of esters is 2. The third-order valence-corrected chi connectivity index (χ3v) is 8.48. The first-order chi connectivity index (χ1) is 22.9. The number of benzene rings is 3. The van der Waals surface area contributed by atoms with Gasteiger partial charge in [-0.1, -0.05) is 129 Å². The monoisotopic (exact) mass is 646 g/mol. The average Bonchev–Trinajstić information content (AvgIpc) is 3.09. The van der Waals surface area contributed by atoms with E-state index in [4.69, 9.17) is 14.2 Å². The van der Waals surface area contributed by atoms with Crippen molar-refractivity contribution < 1.29 is 28.2 Å². The number of carbonyl (C=O) groups is 2. The van der Waals surface area contributed by atoms with Crippen LogP contribution in [0, 0.1) is 5.82 Å². The molecule has 0 radical (unpaired) electrons. The van der Waals surface area contributed by atoms with Gasteiger partial charge >= 0.3 is 11.9 Å². The SMILES string of the molecule is CCCCCCCCCCCCOc1ccc(-c2ccc(C(=O)Oc3ccc(C(=O)OC(CCCC)CCCC)cc3F)cc2)cc1. The lowest BCUT2D eigenvalue weighted by molar-refractivity contribution is 0.0250. The molecule has 0 aromatic heterocycles. The average molecular weight is 647 g/mol. The minimum atomic E-state index is -0.793. The Labute approximate surface area is 282 Å². The molecule has 0 aliphatic rings. The van der Waals surface area contributed by atoms with Crippen LogP contribution in [0.2, 0.25) is 0 Å². The second-order valence-corrected chi connectivity index (χ2v) is 12.5. The highest BCUT2D eigenvalue weighted by atomic mass is 19.1. The standard InChI is InChI=1S/C41H55FO5/c1-4-7-10-11-12-13-14-15-16-17-30-45-36-27-24-33(25-28-36)32-20-22-34(23-21-32)40(43)47-39-29-26-35(31-38(39)42)41(44)46-37(18-8-5-2)19-9-6-3/h20-29,31,37H,4-19,30H2,1-3H3. The van der Waals surface area contributed by atoms with E-state index < -0.39 is 17.8 Å². The highest BCUT2D eigenvalue weighted by molar-refractivity contribution is 5.92. The molecule has 0 spiro atoms. The maximum Gasteiger partial charge on any atom is 0.343 e. The smallest absolute Gasteiger partial charge is 0.343 e. The first-order valence-corrected chi connectivity index (χ1v) is 18.0. The summed E-state index contributed by atoms with van der Waals surface area (Å²) in [5, 5.41) is 0. The van der Waals surface area contributed by atoms with Gasteiger partial charge in [0.1, 0.15) is 11.9 Å². The molecule has 0 amide bonds. The zero-order valence-corrected chi connectivity index (χ0v) is 28.9. The van der Waals surface area contributed by atoms with Crippen LogP contribution in [0.15, 0.2) is 66.7 Å². The Kier molecular flexibility index (Phi) is 17.7. The number of rotatable bonds is 23. The predicted molar refractivity (Wildman–Crippen MR) is 189 cm³/mol. The number of unbranched alkanes of at least 4 members (excludes halogenated alkanes) is 11. The van der Waals surface area contributed by atoms with Crippen LogP contribution in [0.5, 0.6) is 11.5 Å². The zero-order valence-electron chi connectivity index (χ0n) is 28.9. The summed E-state index contributed by atoms with van der Waals surface area (Å²) in [6.45, 7) is 7.16. The first kappa shape index (κ1) is 37.8. The largest absolute Gasteiger partial charge is 0.494 e. The molecular formula is C41H55FO5. The van der Waals surface area contributed by atoms with Gasteiger partial charge in [0.05, 0.1) is 17.7 Å². The third kappa shape index (κ3) is 13.9. The molecule has 47 heavy (non-hydrogen) atoms. The lowest BCUT2D eigenvalue weighted by Gasteiger charge is -2.17. The van der Waals surface area contributed by atoms with Crippen molar-refractivity contribution in [3.8, 4) is 22.6 Å². The lowest BCUT2D eigenvalue weighted by Crippen LogP contribution is -2.19. The molecule has 0 aliphatic heterocycles. The second kappa shape index (κ2) is 22.0.